The molecular formula is C11H14ClNO2. The molecule has 0 aliphatic heterocycles. The van der Waals surface area contributed by atoms with Gasteiger partial charge in [0, 0.05) is 5.02 Å². The molecule has 3 unspecified atom stereocenters. The summed E-state index contributed by atoms with van der Waals surface area (Å²) in [6.45, 7) is 0. The third-order valence-electron chi connectivity index (χ3n) is 3.12. The highest BCUT2D eigenvalue weighted by atomic mass is 35.5. The van der Waals surface area contributed by atoms with Crippen LogP contribution in [0.3, 0.4) is 0 Å². The van der Waals surface area contributed by atoms with Crippen LogP contribution in [0, 0.1) is 0 Å². The van der Waals surface area contributed by atoms with Gasteiger partial charge in [0.05, 0.1) is 11.6 Å². The van der Waals surface area contributed by atoms with Crippen molar-refractivity contribution in [3.05, 3.63) is 34.9 Å². The number of aliphatic hydroxyl groups excluding tert-OH is 2. The van der Waals surface area contributed by atoms with E-state index < -0.39 is 17.7 Å². The number of halogens is 1. The molecular weight excluding hydrogens is 214 g/mol. The van der Waals surface area contributed by atoms with Crippen molar-refractivity contribution in [1.82, 2.24) is 0 Å². The van der Waals surface area contributed by atoms with Gasteiger partial charge in [-0.2, -0.15) is 0 Å². The highest BCUT2D eigenvalue weighted by Crippen LogP contribution is 2.39. The van der Waals surface area contributed by atoms with E-state index in [1.54, 1.807) is 12.1 Å². The second-order valence-corrected chi connectivity index (χ2v) is 4.48. The first-order valence-electron chi connectivity index (χ1n) is 4.96. The molecule has 4 N–H and O–H groups in total. The maximum atomic E-state index is 9.86. The fourth-order valence-corrected chi connectivity index (χ4v) is 2.48. The van der Waals surface area contributed by atoms with Gasteiger partial charge >= 0.3 is 0 Å². The van der Waals surface area contributed by atoms with Crippen molar-refractivity contribution in [1.29, 1.82) is 0 Å². The normalized spacial score (nSPS) is 35.7. The summed E-state index contributed by atoms with van der Waals surface area (Å²) in [5.74, 6) is 0. The Morgan fingerprint density at radius 3 is 2.53 bits per heavy atom. The molecule has 3 nitrogen and oxygen atoms in total. The molecule has 0 aromatic heterocycles. The average molecular weight is 228 g/mol. The summed E-state index contributed by atoms with van der Waals surface area (Å²) in [7, 11) is 0. The first kappa shape index (κ1) is 10.9. The second-order valence-electron chi connectivity index (χ2n) is 4.07. The van der Waals surface area contributed by atoms with E-state index in [0.717, 1.165) is 0 Å². The standard InChI is InChI=1S/C11H14ClNO2/c12-8-4-2-1-3-7(8)11(13)6-5-9(14)10(11)15/h1-4,9-10,14-15H,5-6,13H2. The van der Waals surface area contributed by atoms with Gasteiger partial charge in [0.15, 0.2) is 0 Å². The lowest BCUT2D eigenvalue weighted by Gasteiger charge is -2.30. The van der Waals surface area contributed by atoms with E-state index in [0.29, 0.717) is 23.4 Å². The molecule has 4 heteroatoms. The van der Waals surface area contributed by atoms with Gasteiger partial charge in [-0.05, 0) is 24.5 Å². The van der Waals surface area contributed by atoms with Crippen LogP contribution in [0.1, 0.15) is 18.4 Å². The van der Waals surface area contributed by atoms with Gasteiger partial charge in [-0.1, -0.05) is 29.8 Å². The van der Waals surface area contributed by atoms with Gasteiger partial charge < -0.3 is 15.9 Å². The smallest absolute Gasteiger partial charge is 0.102 e. The third kappa shape index (κ3) is 1.66. The molecule has 1 aromatic rings. The molecule has 1 fully saturated rings. The Hall–Kier alpha value is -0.610. The molecule has 0 heterocycles. The molecule has 1 aliphatic carbocycles. The highest BCUT2D eigenvalue weighted by Gasteiger charge is 2.46. The maximum Gasteiger partial charge on any atom is 0.102 e. The summed E-state index contributed by atoms with van der Waals surface area (Å²) >= 11 is 6.03. The van der Waals surface area contributed by atoms with Crippen molar-refractivity contribution in [3.63, 3.8) is 0 Å². The van der Waals surface area contributed by atoms with Crippen molar-refractivity contribution in [2.45, 2.75) is 30.6 Å². The Morgan fingerprint density at radius 2 is 2.00 bits per heavy atom. The van der Waals surface area contributed by atoms with E-state index in [9.17, 15) is 10.2 Å². The van der Waals surface area contributed by atoms with E-state index in [1.165, 1.54) is 0 Å². The number of benzene rings is 1. The van der Waals surface area contributed by atoms with Crippen LogP contribution in [0.25, 0.3) is 0 Å². The molecule has 1 aromatic carbocycles. The number of hydrogen-bond acceptors (Lipinski definition) is 3. The van der Waals surface area contributed by atoms with E-state index in [4.69, 9.17) is 17.3 Å². The van der Waals surface area contributed by atoms with Crippen LogP contribution in [0.15, 0.2) is 24.3 Å². The molecule has 15 heavy (non-hydrogen) atoms. The Balaban J connectivity index is 2.42. The summed E-state index contributed by atoms with van der Waals surface area (Å²) in [5, 5.41) is 19.9. The minimum Gasteiger partial charge on any atom is -0.390 e. The van der Waals surface area contributed by atoms with Gasteiger partial charge in [0.1, 0.15) is 6.10 Å². The average Bonchev–Trinajstić information content (AvgIpc) is 2.48. The molecule has 0 radical (unpaired) electrons. The first-order valence-corrected chi connectivity index (χ1v) is 5.33. The number of aliphatic hydroxyl groups is 2. The molecule has 1 saturated carbocycles. The molecule has 0 amide bonds. The van der Waals surface area contributed by atoms with Crippen LogP contribution in [-0.4, -0.2) is 22.4 Å². The predicted molar refractivity (Wildman–Crippen MR) is 58.6 cm³/mol. The largest absolute Gasteiger partial charge is 0.390 e. The van der Waals surface area contributed by atoms with Crippen LogP contribution < -0.4 is 5.73 Å². The quantitative estimate of drug-likeness (QED) is 0.671. The zero-order chi connectivity index (χ0) is 11.1. The maximum absolute atomic E-state index is 9.86. The third-order valence-corrected chi connectivity index (χ3v) is 3.45. The predicted octanol–water partition coefficient (Wildman–Crippen LogP) is 1.01. The van der Waals surface area contributed by atoms with Gasteiger partial charge in [-0.3, -0.25) is 0 Å². The van der Waals surface area contributed by atoms with Crippen molar-refractivity contribution in [2.24, 2.45) is 5.73 Å². The van der Waals surface area contributed by atoms with E-state index >= 15 is 0 Å². The fraction of sp³-hybridized carbons (Fsp3) is 0.455. The molecule has 82 valence electrons. The van der Waals surface area contributed by atoms with Gasteiger partial charge in [-0.15, -0.1) is 0 Å². The van der Waals surface area contributed by atoms with Crippen LogP contribution in [0.4, 0.5) is 0 Å². The minimum absolute atomic E-state index is 0.503. The Morgan fingerprint density at radius 1 is 1.33 bits per heavy atom. The molecule has 3 atom stereocenters. The number of hydrogen-bond donors (Lipinski definition) is 3. The van der Waals surface area contributed by atoms with Gasteiger partial charge in [-0.25, -0.2) is 0 Å². The lowest BCUT2D eigenvalue weighted by Crippen LogP contribution is -2.47. The first-order chi connectivity index (χ1) is 7.05. The van der Waals surface area contributed by atoms with Crippen LogP contribution in [0.2, 0.25) is 5.02 Å². The van der Waals surface area contributed by atoms with Crippen molar-refractivity contribution in [2.75, 3.05) is 0 Å². The minimum atomic E-state index is -0.947. The van der Waals surface area contributed by atoms with E-state index in [-0.39, 0.29) is 0 Å². The van der Waals surface area contributed by atoms with Crippen molar-refractivity contribution in [3.8, 4) is 0 Å². The van der Waals surface area contributed by atoms with Crippen LogP contribution in [0.5, 0.6) is 0 Å². The summed E-state index contributed by atoms with van der Waals surface area (Å²) in [6.07, 6.45) is -0.661. The van der Waals surface area contributed by atoms with Crippen molar-refractivity contribution >= 4 is 11.6 Å². The van der Waals surface area contributed by atoms with Gasteiger partial charge in [0.25, 0.3) is 0 Å². The van der Waals surface area contributed by atoms with Crippen molar-refractivity contribution < 1.29 is 10.2 Å². The Bertz CT molecular complexity index is 371. The van der Waals surface area contributed by atoms with Gasteiger partial charge in [0.2, 0.25) is 0 Å². The molecule has 2 rings (SSSR count). The summed E-state index contributed by atoms with van der Waals surface area (Å²) < 4.78 is 0. The lowest BCUT2D eigenvalue weighted by atomic mass is 9.87. The topological polar surface area (TPSA) is 66.5 Å². The monoisotopic (exact) mass is 227 g/mol. The van der Waals surface area contributed by atoms with Crippen LogP contribution in [-0.2, 0) is 5.54 Å². The zero-order valence-corrected chi connectivity index (χ0v) is 8.98. The Kier molecular flexibility index (Phi) is 2.73. The summed E-state index contributed by atoms with van der Waals surface area (Å²) in [5.41, 5.74) is 5.91. The van der Waals surface area contributed by atoms with E-state index in [2.05, 4.69) is 0 Å². The molecule has 0 bridgehead atoms. The second kappa shape index (κ2) is 3.76. The highest BCUT2D eigenvalue weighted by molar-refractivity contribution is 6.31. The fourth-order valence-electron chi connectivity index (χ4n) is 2.17. The van der Waals surface area contributed by atoms with Crippen LogP contribution >= 0.6 is 11.6 Å². The number of rotatable bonds is 1. The number of nitrogens with two attached hydrogens (primary N) is 1. The Labute approximate surface area is 93.5 Å². The molecule has 1 aliphatic rings. The molecule has 0 saturated heterocycles. The lowest BCUT2D eigenvalue weighted by molar-refractivity contribution is 0.00938. The summed E-state index contributed by atoms with van der Waals surface area (Å²) in [6, 6.07) is 7.17. The molecule has 0 spiro atoms. The SMILES string of the molecule is NC1(c2ccccc2Cl)CCC(O)C1O. The zero-order valence-electron chi connectivity index (χ0n) is 8.23. The van der Waals surface area contributed by atoms with E-state index in [1.807, 2.05) is 12.1 Å². The summed E-state index contributed by atoms with van der Waals surface area (Å²) in [4.78, 5) is 0.